The van der Waals surface area contributed by atoms with E-state index in [1.165, 1.54) is 19.3 Å². The number of ether oxygens (including phenoxy) is 1. The molecule has 1 N–H and O–H groups in total. The number of carbonyl (C=O) groups is 1. The molecule has 5 rings (SSSR count). The minimum absolute atomic E-state index is 0.00934. The lowest BCUT2D eigenvalue weighted by Crippen LogP contribution is -2.33. The molecule has 5 heteroatoms. The topological polar surface area (TPSA) is 49.8 Å². The summed E-state index contributed by atoms with van der Waals surface area (Å²) < 4.78 is 6.86. The molecule has 1 aromatic heterocycles. The van der Waals surface area contributed by atoms with Gasteiger partial charge in [-0.2, -0.15) is 0 Å². The number of carbonyl (C=O) groups excluding carboxylic acids is 1. The highest BCUT2D eigenvalue weighted by Crippen LogP contribution is 2.40. The van der Waals surface area contributed by atoms with Crippen molar-refractivity contribution >= 4 is 32.8 Å². The number of phenolic OH excluding ortho intramolecular Hbond substituents is 1. The fourth-order valence-corrected chi connectivity index (χ4v) is 5.87. The number of likely N-dealkylation sites (tertiary alicyclic amines) is 1. The van der Waals surface area contributed by atoms with Gasteiger partial charge in [-0.3, -0.25) is 9.69 Å². The van der Waals surface area contributed by atoms with E-state index in [0.29, 0.717) is 17.7 Å². The number of hydrogen-bond acceptors (Lipinski definition) is 5. The van der Waals surface area contributed by atoms with E-state index in [1.54, 1.807) is 23.5 Å². The SMILES string of the molecule is O=C(c1ccc(OCCN2CCCCC2)cc1)c1c(C2=CC=CC=CC2)sc2cc(O)ccc12. The Balaban J connectivity index is 1.38. The number of phenols is 1. The van der Waals surface area contributed by atoms with E-state index in [1.807, 2.05) is 48.6 Å². The molecule has 0 unspecified atom stereocenters. The van der Waals surface area contributed by atoms with Gasteiger partial charge in [0.25, 0.3) is 0 Å². The summed E-state index contributed by atoms with van der Waals surface area (Å²) in [6, 6.07) is 12.7. The first kappa shape index (κ1) is 22.6. The summed E-state index contributed by atoms with van der Waals surface area (Å²) in [5.74, 6) is 0.987. The lowest BCUT2D eigenvalue weighted by Gasteiger charge is -2.26. The molecule has 1 aliphatic carbocycles. The van der Waals surface area contributed by atoms with Crippen LogP contribution in [0.3, 0.4) is 0 Å². The number of piperidine rings is 1. The molecule has 0 bridgehead atoms. The van der Waals surface area contributed by atoms with Gasteiger partial charge in [0.1, 0.15) is 18.1 Å². The highest BCUT2D eigenvalue weighted by Gasteiger charge is 2.23. The highest BCUT2D eigenvalue weighted by atomic mass is 32.1. The van der Waals surface area contributed by atoms with E-state index < -0.39 is 0 Å². The molecule has 0 radical (unpaired) electrons. The summed E-state index contributed by atoms with van der Waals surface area (Å²) in [5, 5.41) is 10.9. The summed E-state index contributed by atoms with van der Waals surface area (Å²) in [6.45, 7) is 3.92. The van der Waals surface area contributed by atoms with Crippen molar-refractivity contribution in [2.45, 2.75) is 25.7 Å². The number of fused-ring (bicyclic) bond motifs is 1. The molecule has 174 valence electrons. The molecule has 1 fully saturated rings. The average Bonchev–Trinajstić information content (AvgIpc) is 3.03. The molecule has 3 aromatic rings. The summed E-state index contributed by atoms with van der Waals surface area (Å²) in [7, 11) is 0. The van der Waals surface area contributed by atoms with Crippen LogP contribution in [0.25, 0.3) is 15.7 Å². The van der Waals surface area contributed by atoms with Crippen LogP contribution in [0.4, 0.5) is 0 Å². The minimum Gasteiger partial charge on any atom is -0.508 e. The Bertz CT molecular complexity index is 1260. The molecule has 0 spiro atoms. The lowest BCUT2D eigenvalue weighted by atomic mass is 9.96. The molecule has 2 aliphatic rings. The predicted molar refractivity (Wildman–Crippen MR) is 140 cm³/mol. The van der Waals surface area contributed by atoms with Crippen LogP contribution in [0.2, 0.25) is 0 Å². The highest BCUT2D eigenvalue weighted by molar-refractivity contribution is 7.20. The Morgan fingerprint density at radius 2 is 1.82 bits per heavy atom. The van der Waals surface area contributed by atoms with E-state index in [-0.39, 0.29) is 11.5 Å². The van der Waals surface area contributed by atoms with Gasteiger partial charge in [0.15, 0.2) is 5.78 Å². The molecular weight excluding hydrogens is 442 g/mol. The largest absolute Gasteiger partial charge is 0.508 e. The zero-order valence-corrected chi connectivity index (χ0v) is 20.0. The van der Waals surface area contributed by atoms with Crippen molar-refractivity contribution in [3.63, 3.8) is 0 Å². The molecule has 34 heavy (non-hydrogen) atoms. The molecule has 0 saturated carbocycles. The summed E-state index contributed by atoms with van der Waals surface area (Å²) in [6.07, 6.45) is 14.8. The second kappa shape index (κ2) is 10.4. The number of thiophene rings is 1. The van der Waals surface area contributed by atoms with Crippen LogP contribution < -0.4 is 4.74 Å². The van der Waals surface area contributed by atoms with Crippen molar-refractivity contribution < 1.29 is 14.6 Å². The third-order valence-corrected chi connectivity index (χ3v) is 7.66. The van der Waals surface area contributed by atoms with Gasteiger partial charge in [-0.1, -0.05) is 36.8 Å². The van der Waals surface area contributed by atoms with Gasteiger partial charge in [0, 0.05) is 32.6 Å². The first-order valence-corrected chi connectivity index (χ1v) is 12.8. The van der Waals surface area contributed by atoms with Gasteiger partial charge in [-0.25, -0.2) is 0 Å². The van der Waals surface area contributed by atoms with Crippen LogP contribution in [-0.2, 0) is 0 Å². The van der Waals surface area contributed by atoms with Crippen LogP contribution in [0.1, 0.15) is 46.5 Å². The molecule has 4 nitrogen and oxygen atoms in total. The third kappa shape index (κ3) is 5.01. The van der Waals surface area contributed by atoms with Crippen LogP contribution in [-0.4, -0.2) is 42.0 Å². The van der Waals surface area contributed by atoms with Crippen LogP contribution in [0, 0.1) is 0 Å². The smallest absolute Gasteiger partial charge is 0.195 e. The zero-order valence-electron chi connectivity index (χ0n) is 19.2. The number of hydrogen-bond donors (Lipinski definition) is 1. The predicted octanol–water partition coefficient (Wildman–Crippen LogP) is 6.60. The maximum absolute atomic E-state index is 13.7. The maximum atomic E-state index is 13.7. The quantitative estimate of drug-likeness (QED) is 0.394. The van der Waals surface area contributed by atoms with E-state index >= 15 is 0 Å². The van der Waals surface area contributed by atoms with E-state index in [9.17, 15) is 9.90 Å². The van der Waals surface area contributed by atoms with Crippen molar-refractivity contribution in [2.24, 2.45) is 0 Å². The van der Waals surface area contributed by atoms with Crippen molar-refractivity contribution in [3.05, 3.63) is 88.8 Å². The fraction of sp³-hybridized carbons (Fsp3) is 0.276. The Morgan fingerprint density at radius 3 is 2.65 bits per heavy atom. The van der Waals surface area contributed by atoms with Gasteiger partial charge < -0.3 is 9.84 Å². The van der Waals surface area contributed by atoms with Crippen molar-refractivity contribution in [1.29, 1.82) is 0 Å². The Kier molecular flexibility index (Phi) is 6.93. The van der Waals surface area contributed by atoms with E-state index in [0.717, 1.165) is 52.3 Å². The first-order chi connectivity index (χ1) is 16.7. The van der Waals surface area contributed by atoms with Crippen LogP contribution in [0.15, 0.2) is 72.8 Å². The number of rotatable bonds is 7. The Morgan fingerprint density at radius 1 is 1.00 bits per heavy atom. The van der Waals surface area contributed by atoms with Crippen molar-refractivity contribution in [1.82, 2.24) is 4.90 Å². The molecule has 1 saturated heterocycles. The standard InChI is InChI=1S/C29H29NO3S/c31-23-12-15-25-26(20-23)34-29(22-8-4-1-2-5-9-22)27(25)28(32)21-10-13-24(14-11-21)33-19-18-30-16-6-3-7-17-30/h1-2,4-5,8,10-15,20,31H,3,6-7,9,16-19H2. The summed E-state index contributed by atoms with van der Waals surface area (Å²) in [4.78, 5) is 17.1. The Hall–Kier alpha value is -3.15. The maximum Gasteiger partial charge on any atom is 0.195 e. The second-order valence-electron chi connectivity index (χ2n) is 8.80. The number of benzene rings is 2. The number of nitrogens with zero attached hydrogens (tertiary/aromatic N) is 1. The van der Waals surface area contributed by atoms with Gasteiger partial charge in [0.05, 0.1) is 0 Å². The molecule has 2 aromatic carbocycles. The normalized spacial score (nSPS) is 16.4. The van der Waals surface area contributed by atoms with Gasteiger partial charge in [0.2, 0.25) is 0 Å². The summed E-state index contributed by atoms with van der Waals surface area (Å²) >= 11 is 1.56. The van der Waals surface area contributed by atoms with Gasteiger partial charge in [-0.05, 0) is 80.4 Å². The van der Waals surface area contributed by atoms with E-state index in [4.69, 9.17) is 4.74 Å². The molecule has 1 aliphatic heterocycles. The van der Waals surface area contributed by atoms with Crippen LogP contribution >= 0.6 is 11.3 Å². The molecule has 0 amide bonds. The third-order valence-electron chi connectivity index (χ3n) is 6.43. The molecular formula is C29H29NO3S. The lowest BCUT2D eigenvalue weighted by molar-refractivity contribution is 0.104. The number of ketones is 1. The number of allylic oxidation sites excluding steroid dienone is 6. The fourth-order valence-electron chi connectivity index (χ4n) is 4.61. The molecule has 0 atom stereocenters. The zero-order chi connectivity index (χ0) is 23.3. The minimum atomic E-state index is -0.00934. The van der Waals surface area contributed by atoms with Gasteiger partial charge in [-0.15, -0.1) is 11.3 Å². The van der Waals surface area contributed by atoms with Crippen molar-refractivity contribution in [2.75, 3.05) is 26.2 Å². The van der Waals surface area contributed by atoms with E-state index in [2.05, 4.69) is 17.1 Å². The second-order valence-corrected chi connectivity index (χ2v) is 9.85. The number of aromatic hydroxyl groups is 1. The molecule has 2 heterocycles. The van der Waals surface area contributed by atoms with Gasteiger partial charge >= 0.3 is 0 Å². The Labute approximate surface area is 204 Å². The monoisotopic (exact) mass is 471 g/mol. The van der Waals surface area contributed by atoms with Crippen LogP contribution in [0.5, 0.6) is 11.5 Å². The summed E-state index contributed by atoms with van der Waals surface area (Å²) in [5.41, 5.74) is 2.44. The van der Waals surface area contributed by atoms with Crippen molar-refractivity contribution in [3.8, 4) is 11.5 Å². The first-order valence-electron chi connectivity index (χ1n) is 12.0. The average molecular weight is 472 g/mol.